The van der Waals surface area contributed by atoms with E-state index in [2.05, 4.69) is 9.97 Å². The van der Waals surface area contributed by atoms with Crippen molar-refractivity contribution in [2.75, 3.05) is 11.4 Å². The lowest BCUT2D eigenvalue weighted by atomic mass is 10.2. The molecule has 0 N–H and O–H groups in total. The summed E-state index contributed by atoms with van der Waals surface area (Å²) < 4.78 is 51.9. The van der Waals surface area contributed by atoms with Crippen LogP contribution in [0.25, 0.3) is 0 Å². The molecular formula is C14H19F4N3. The minimum absolute atomic E-state index is 0.0120. The molecule has 1 saturated carbocycles. The molecule has 1 aromatic heterocycles. The molecule has 21 heavy (non-hydrogen) atoms. The van der Waals surface area contributed by atoms with Crippen LogP contribution in [0.5, 0.6) is 0 Å². The predicted molar refractivity (Wildman–Crippen MR) is 71.6 cm³/mol. The molecule has 118 valence electrons. The molecule has 1 heterocycles. The lowest BCUT2D eigenvalue weighted by molar-refractivity contribution is -0.132. The van der Waals surface area contributed by atoms with Crippen molar-refractivity contribution in [3.8, 4) is 0 Å². The Bertz CT molecular complexity index is 470. The van der Waals surface area contributed by atoms with Crippen LogP contribution in [0.3, 0.4) is 0 Å². The molecule has 0 radical (unpaired) electrons. The summed E-state index contributed by atoms with van der Waals surface area (Å²) in [6.07, 6.45) is -0.124. The summed E-state index contributed by atoms with van der Waals surface area (Å²) in [4.78, 5) is 9.23. The molecule has 0 aromatic carbocycles. The lowest BCUT2D eigenvalue weighted by Crippen LogP contribution is -2.37. The van der Waals surface area contributed by atoms with Crippen molar-refractivity contribution < 1.29 is 17.6 Å². The molecule has 2 rings (SSSR count). The second kappa shape index (κ2) is 6.58. The van der Waals surface area contributed by atoms with Crippen molar-refractivity contribution in [2.24, 2.45) is 0 Å². The van der Waals surface area contributed by atoms with Gasteiger partial charge in [-0.1, -0.05) is 19.8 Å². The van der Waals surface area contributed by atoms with E-state index in [1.54, 1.807) is 6.92 Å². The molecule has 0 atom stereocenters. The maximum atomic E-state index is 14.3. The van der Waals surface area contributed by atoms with Gasteiger partial charge in [0.2, 0.25) is 0 Å². The van der Waals surface area contributed by atoms with Crippen molar-refractivity contribution in [3.63, 3.8) is 0 Å². The summed E-state index contributed by atoms with van der Waals surface area (Å²) in [7, 11) is 0. The summed E-state index contributed by atoms with van der Waals surface area (Å²) in [6.45, 7) is 1.50. The second-order valence-corrected chi connectivity index (χ2v) is 5.31. The Labute approximate surface area is 121 Å². The van der Waals surface area contributed by atoms with E-state index in [1.165, 1.54) is 11.2 Å². The lowest BCUT2D eigenvalue weighted by Gasteiger charge is -2.30. The molecule has 0 unspecified atom stereocenters. The van der Waals surface area contributed by atoms with Crippen LogP contribution >= 0.6 is 0 Å². The Hall–Kier alpha value is -1.40. The first-order valence-corrected chi connectivity index (χ1v) is 7.25. The number of aryl methyl sites for hydroxylation is 1. The van der Waals surface area contributed by atoms with Gasteiger partial charge in [0.15, 0.2) is 11.6 Å². The Balaban J connectivity index is 2.26. The predicted octanol–water partition coefficient (Wildman–Crippen LogP) is 3.88. The summed E-state index contributed by atoms with van der Waals surface area (Å²) >= 11 is 0. The molecule has 1 aliphatic carbocycles. The van der Waals surface area contributed by atoms with Crippen LogP contribution in [0.1, 0.15) is 44.7 Å². The van der Waals surface area contributed by atoms with Gasteiger partial charge in [-0.3, -0.25) is 0 Å². The molecule has 0 spiro atoms. The Kier molecular flexibility index (Phi) is 5.00. The van der Waals surface area contributed by atoms with Crippen molar-refractivity contribution in [1.29, 1.82) is 0 Å². The molecule has 7 heteroatoms. The van der Waals surface area contributed by atoms with Crippen LogP contribution < -0.4 is 4.90 Å². The highest BCUT2D eigenvalue weighted by Crippen LogP contribution is 2.31. The van der Waals surface area contributed by atoms with Gasteiger partial charge < -0.3 is 4.90 Å². The Morgan fingerprint density at radius 1 is 1.24 bits per heavy atom. The number of rotatable bonds is 5. The van der Waals surface area contributed by atoms with E-state index >= 15 is 0 Å². The van der Waals surface area contributed by atoms with Gasteiger partial charge in [-0.2, -0.15) is 13.2 Å². The minimum atomic E-state index is -4.26. The van der Waals surface area contributed by atoms with Gasteiger partial charge in [-0.05, 0) is 19.3 Å². The van der Waals surface area contributed by atoms with E-state index in [1.807, 2.05) is 0 Å². The number of hydrogen-bond acceptors (Lipinski definition) is 3. The molecule has 0 bridgehead atoms. The van der Waals surface area contributed by atoms with E-state index in [0.717, 1.165) is 25.7 Å². The summed E-state index contributed by atoms with van der Waals surface area (Å²) in [6, 6.07) is -0.0681. The molecular weight excluding hydrogens is 286 g/mol. The van der Waals surface area contributed by atoms with Gasteiger partial charge >= 0.3 is 6.18 Å². The van der Waals surface area contributed by atoms with Gasteiger partial charge in [0, 0.05) is 12.6 Å². The van der Waals surface area contributed by atoms with Crippen LogP contribution in [0.15, 0.2) is 6.33 Å². The fraction of sp³-hybridized carbons (Fsp3) is 0.714. The zero-order valence-electron chi connectivity index (χ0n) is 12.0. The second-order valence-electron chi connectivity index (χ2n) is 5.31. The van der Waals surface area contributed by atoms with E-state index in [4.69, 9.17) is 0 Å². The average Bonchev–Trinajstić information content (AvgIpc) is 2.93. The Morgan fingerprint density at radius 2 is 1.90 bits per heavy atom. The Morgan fingerprint density at radius 3 is 2.48 bits per heavy atom. The highest BCUT2D eigenvalue weighted by molar-refractivity contribution is 5.42. The summed E-state index contributed by atoms with van der Waals surface area (Å²) in [5, 5.41) is 0. The van der Waals surface area contributed by atoms with Crippen molar-refractivity contribution in [3.05, 3.63) is 17.8 Å². The van der Waals surface area contributed by atoms with Crippen molar-refractivity contribution in [1.82, 2.24) is 9.97 Å². The van der Waals surface area contributed by atoms with Crippen LogP contribution in [0, 0.1) is 5.82 Å². The first-order valence-electron chi connectivity index (χ1n) is 7.25. The zero-order valence-corrected chi connectivity index (χ0v) is 12.0. The standard InChI is InChI=1S/C14H19F4N3/c1-2-11-12(15)13(20-9-19-11)21(8-7-14(16,17)18)10-5-3-4-6-10/h9-10H,2-8H2,1H3. The van der Waals surface area contributed by atoms with Gasteiger partial charge in [0.05, 0.1) is 12.1 Å². The third kappa shape index (κ3) is 4.04. The number of anilines is 1. The SMILES string of the molecule is CCc1ncnc(N(CCC(F)(F)F)C2CCCC2)c1F. The number of hydrogen-bond donors (Lipinski definition) is 0. The van der Waals surface area contributed by atoms with Crippen LogP contribution in [-0.4, -0.2) is 28.7 Å². The fourth-order valence-corrected chi connectivity index (χ4v) is 2.77. The molecule has 3 nitrogen and oxygen atoms in total. The third-order valence-corrected chi connectivity index (χ3v) is 3.85. The monoisotopic (exact) mass is 305 g/mol. The van der Waals surface area contributed by atoms with E-state index in [-0.39, 0.29) is 24.1 Å². The molecule has 1 aliphatic rings. The third-order valence-electron chi connectivity index (χ3n) is 3.85. The van der Waals surface area contributed by atoms with Gasteiger partial charge in [0.1, 0.15) is 6.33 Å². The van der Waals surface area contributed by atoms with Crippen LogP contribution in [0.2, 0.25) is 0 Å². The normalized spacial score (nSPS) is 16.4. The largest absolute Gasteiger partial charge is 0.390 e. The maximum absolute atomic E-state index is 14.3. The quantitative estimate of drug-likeness (QED) is 0.773. The smallest absolute Gasteiger partial charge is 0.351 e. The summed E-state index contributed by atoms with van der Waals surface area (Å²) in [5.41, 5.74) is 0.245. The van der Waals surface area contributed by atoms with E-state index < -0.39 is 18.4 Å². The van der Waals surface area contributed by atoms with E-state index in [9.17, 15) is 17.6 Å². The fourth-order valence-electron chi connectivity index (χ4n) is 2.77. The highest BCUT2D eigenvalue weighted by Gasteiger charge is 2.32. The average molecular weight is 305 g/mol. The van der Waals surface area contributed by atoms with E-state index in [0.29, 0.717) is 6.42 Å². The topological polar surface area (TPSA) is 29.0 Å². The highest BCUT2D eigenvalue weighted by atomic mass is 19.4. The first kappa shape index (κ1) is 16.0. The number of aromatic nitrogens is 2. The van der Waals surface area contributed by atoms with Crippen molar-refractivity contribution >= 4 is 5.82 Å². The number of alkyl halides is 3. The molecule has 0 saturated heterocycles. The van der Waals surface area contributed by atoms with Gasteiger partial charge in [0.25, 0.3) is 0 Å². The first-order chi connectivity index (χ1) is 9.92. The maximum Gasteiger partial charge on any atom is 0.390 e. The zero-order chi connectivity index (χ0) is 15.5. The van der Waals surface area contributed by atoms with Crippen LogP contribution in [-0.2, 0) is 6.42 Å². The van der Waals surface area contributed by atoms with Gasteiger partial charge in [-0.15, -0.1) is 0 Å². The molecule has 1 aromatic rings. The van der Waals surface area contributed by atoms with Crippen molar-refractivity contribution in [2.45, 2.75) is 57.7 Å². The molecule has 1 fully saturated rings. The minimum Gasteiger partial charge on any atom is -0.351 e. The molecule has 0 amide bonds. The molecule has 0 aliphatic heterocycles. The van der Waals surface area contributed by atoms with Crippen LogP contribution in [0.4, 0.5) is 23.4 Å². The number of nitrogens with zero attached hydrogens (tertiary/aromatic N) is 3. The van der Waals surface area contributed by atoms with Gasteiger partial charge in [-0.25, -0.2) is 14.4 Å². The summed E-state index contributed by atoms with van der Waals surface area (Å²) in [5.74, 6) is -0.577. The number of halogens is 4.